The molecular weight excluding hydrogens is 248 g/mol. The van der Waals surface area contributed by atoms with Gasteiger partial charge in [0.25, 0.3) is 0 Å². The lowest BCUT2D eigenvalue weighted by atomic mass is 10.2. The fourth-order valence-electron chi connectivity index (χ4n) is 1.96. The van der Waals surface area contributed by atoms with Gasteiger partial charge in [-0.25, -0.2) is 4.98 Å². The second-order valence-corrected chi connectivity index (χ2v) is 5.48. The van der Waals surface area contributed by atoms with Crippen molar-refractivity contribution in [1.82, 2.24) is 4.98 Å². The highest BCUT2D eigenvalue weighted by atomic mass is 35.5. The normalized spacial score (nSPS) is 14.9. The first-order valence-electron chi connectivity index (χ1n) is 6.26. The molecule has 0 saturated heterocycles. The van der Waals surface area contributed by atoms with E-state index in [1.165, 1.54) is 12.8 Å². The summed E-state index contributed by atoms with van der Waals surface area (Å²) >= 11 is 6.32. The number of rotatable bonds is 5. The van der Waals surface area contributed by atoms with Crippen LogP contribution in [-0.2, 0) is 0 Å². The molecule has 0 amide bonds. The molecule has 0 bridgehead atoms. The Morgan fingerprint density at radius 1 is 1.61 bits per heavy atom. The molecule has 4 nitrogen and oxygen atoms in total. The number of amidine groups is 1. The number of aromatic nitrogens is 1. The van der Waals surface area contributed by atoms with Crippen LogP contribution in [0.2, 0.25) is 5.02 Å². The average Bonchev–Trinajstić information content (AvgIpc) is 3.10. The Labute approximate surface area is 113 Å². The summed E-state index contributed by atoms with van der Waals surface area (Å²) in [5.41, 5.74) is 6.08. The smallest absolute Gasteiger partial charge is 0.148 e. The van der Waals surface area contributed by atoms with Crippen LogP contribution in [0.1, 0.15) is 32.3 Å². The molecule has 98 valence electrons. The van der Waals surface area contributed by atoms with Gasteiger partial charge in [-0.05, 0) is 38.7 Å². The summed E-state index contributed by atoms with van der Waals surface area (Å²) in [5, 5.41) is 8.01. The zero-order valence-corrected chi connectivity index (χ0v) is 11.5. The number of nitrogens with two attached hydrogens (primary N) is 1. The van der Waals surface area contributed by atoms with Crippen LogP contribution in [0.25, 0.3) is 0 Å². The zero-order valence-electron chi connectivity index (χ0n) is 10.8. The van der Waals surface area contributed by atoms with Crippen LogP contribution in [0.5, 0.6) is 0 Å². The van der Waals surface area contributed by atoms with Crippen LogP contribution in [-0.4, -0.2) is 23.4 Å². The van der Waals surface area contributed by atoms with Gasteiger partial charge < -0.3 is 10.6 Å². The van der Waals surface area contributed by atoms with Crippen LogP contribution in [0.4, 0.5) is 5.82 Å². The molecule has 0 spiro atoms. The third-order valence-corrected chi connectivity index (χ3v) is 3.58. The summed E-state index contributed by atoms with van der Waals surface area (Å²) in [4.78, 5) is 6.57. The fourth-order valence-corrected chi connectivity index (χ4v) is 2.28. The third-order valence-electron chi connectivity index (χ3n) is 3.21. The van der Waals surface area contributed by atoms with Gasteiger partial charge in [-0.2, -0.15) is 0 Å². The molecule has 0 unspecified atom stereocenters. The molecule has 0 aromatic carbocycles. The van der Waals surface area contributed by atoms with Crippen LogP contribution in [0.15, 0.2) is 12.3 Å². The van der Waals surface area contributed by atoms with Crippen molar-refractivity contribution in [2.24, 2.45) is 11.7 Å². The molecule has 5 heteroatoms. The van der Waals surface area contributed by atoms with Crippen LogP contribution in [0, 0.1) is 11.3 Å². The number of nitrogens with one attached hydrogen (secondary N) is 1. The molecule has 1 aliphatic carbocycles. The molecule has 0 atom stereocenters. The van der Waals surface area contributed by atoms with Gasteiger partial charge in [-0.15, -0.1) is 0 Å². The first-order chi connectivity index (χ1) is 8.50. The third kappa shape index (κ3) is 2.75. The summed E-state index contributed by atoms with van der Waals surface area (Å²) < 4.78 is 0. The number of hydrogen-bond donors (Lipinski definition) is 2. The highest BCUT2D eigenvalue weighted by Crippen LogP contribution is 2.34. The van der Waals surface area contributed by atoms with Crippen LogP contribution >= 0.6 is 11.6 Å². The van der Waals surface area contributed by atoms with Crippen molar-refractivity contribution in [3.63, 3.8) is 0 Å². The quantitative estimate of drug-likeness (QED) is 0.636. The molecule has 1 aromatic heterocycles. The van der Waals surface area contributed by atoms with Gasteiger partial charge in [0.1, 0.15) is 11.7 Å². The van der Waals surface area contributed by atoms with Gasteiger partial charge in [0.15, 0.2) is 0 Å². The minimum absolute atomic E-state index is 0.0150. The van der Waals surface area contributed by atoms with E-state index in [2.05, 4.69) is 23.7 Å². The standard InChI is InChI=1S/C13H19ClN4/c1-8(2)18(7-9-3-4-9)13-11(14)10(12(15)16)5-6-17-13/h5-6,8-9H,3-4,7H2,1-2H3,(H3,15,16). The van der Waals surface area contributed by atoms with Crippen LogP contribution in [0.3, 0.4) is 0 Å². The maximum Gasteiger partial charge on any atom is 0.148 e. The predicted octanol–water partition coefficient (Wildman–Crippen LogP) is 2.64. The number of halogens is 1. The molecule has 0 aliphatic heterocycles. The second kappa shape index (κ2) is 5.14. The first-order valence-corrected chi connectivity index (χ1v) is 6.64. The lowest BCUT2D eigenvalue weighted by molar-refractivity contribution is 0.637. The van der Waals surface area contributed by atoms with Gasteiger partial charge in [0.2, 0.25) is 0 Å². The number of nitrogens with zero attached hydrogens (tertiary/aromatic N) is 2. The van der Waals surface area contributed by atoms with Gasteiger partial charge in [0, 0.05) is 24.3 Å². The Kier molecular flexibility index (Phi) is 3.76. The summed E-state index contributed by atoms with van der Waals surface area (Å²) in [6.45, 7) is 5.23. The summed E-state index contributed by atoms with van der Waals surface area (Å²) in [5.74, 6) is 1.48. The van der Waals surface area contributed by atoms with E-state index < -0.39 is 0 Å². The van der Waals surface area contributed by atoms with Gasteiger partial charge in [-0.1, -0.05) is 11.6 Å². The topological polar surface area (TPSA) is 66.0 Å². The van der Waals surface area contributed by atoms with E-state index in [1.54, 1.807) is 12.3 Å². The molecule has 1 saturated carbocycles. The van der Waals surface area contributed by atoms with Gasteiger partial charge in [0.05, 0.1) is 5.02 Å². The monoisotopic (exact) mass is 266 g/mol. The summed E-state index contributed by atoms with van der Waals surface area (Å²) in [6, 6.07) is 2.02. The lowest BCUT2D eigenvalue weighted by Gasteiger charge is -2.29. The van der Waals surface area contributed by atoms with Crippen molar-refractivity contribution >= 4 is 23.3 Å². The van der Waals surface area contributed by atoms with Gasteiger partial charge in [-0.3, -0.25) is 5.41 Å². The molecule has 18 heavy (non-hydrogen) atoms. The molecular formula is C13H19ClN4. The Morgan fingerprint density at radius 3 is 2.78 bits per heavy atom. The Morgan fingerprint density at radius 2 is 2.28 bits per heavy atom. The molecule has 1 heterocycles. The van der Waals surface area contributed by atoms with E-state index in [4.69, 9.17) is 22.7 Å². The van der Waals surface area contributed by atoms with E-state index in [-0.39, 0.29) is 5.84 Å². The van der Waals surface area contributed by atoms with Crippen molar-refractivity contribution < 1.29 is 0 Å². The number of hydrogen-bond acceptors (Lipinski definition) is 3. The highest BCUT2D eigenvalue weighted by Gasteiger charge is 2.27. The van der Waals surface area contributed by atoms with Crippen molar-refractivity contribution in [2.75, 3.05) is 11.4 Å². The van der Waals surface area contributed by atoms with E-state index in [9.17, 15) is 0 Å². The van der Waals surface area contributed by atoms with Crippen molar-refractivity contribution in [3.05, 3.63) is 22.8 Å². The average molecular weight is 267 g/mol. The van der Waals surface area contributed by atoms with E-state index in [1.807, 2.05) is 0 Å². The lowest BCUT2D eigenvalue weighted by Crippen LogP contribution is -2.34. The minimum Gasteiger partial charge on any atom is -0.384 e. The van der Waals surface area contributed by atoms with Crippen molar-refractivity contribution in [3.8, 4) is 0 Å². The number of pyridine rings is 1. The molecule has 3 N–H and O–H groups in total. The maximum atomic E-state index is 7.52. The molecule has 1 aliphatic rings. The molecule has 1 fully saturated rings. The SMILES string of the molecule is CC(C)N(CC1CC1)c1nccc(C(=N)N)c1Cl. The summed E-state index contributed by atoms with van der Waals surface area (Å²) in [6.07, 6.45) is 4.24. The molecule has 2 rings (SSSR count). The first kappa shape index (κ1) is 13.1. The largest absolute Gasteiger partial charge is 0.384 e. The Hall–Kier alpha value is -1.29. The highest BCUT2D eigenvalue weighted by molar-refractivity contribution is 6.36. The van der Waals surface area contributed by atoms with Crippen molar-refractivity contribution in [1.29, 1.82) is 5.41 Å². The minimum atomic E-state index is -0.0150. The Balaban J connectivity index is 2.34. The Bertz CT molecular complexity index is 454. The second-order valence-electron chi connectivity index (χ2n) is 5.10. The van der Waals surface area contributed by atoms with E-state index in [0.29, 0.717) is 16.6 Å². The fraction of sp³-hybridized carbons (Fsp3) is 0.538. The van der Waals surface area contributed by atoms with Crippen molar-refractivity contribution in [2.45, 2.75) is 32.7 Å². The summed E-state index contributed by atoms with van der Waals surface area (Å²) in [7, 11) is 0. The van der Waals surface area contributed by atoms with Gasteiger partial charge >= 0.3 is 0 Å². The van der Waals surface area contributed by atoms with Crippen LogP contribution < -0.4 is 10.6 Å². The maximum absolute atomic E-state index is 7.52. The predicted molar refractivity (Wildman–Crippen MR) is 75.5 cm³/mol. The van der Waals surface area contributed by atoms with E-state index >= 15 is 0 Å². The zero-order chi connectivity index (χ0) is 13.3. The molecule has 0 radical (unpaired) electrons. The number of nitrogen functional groups attached to an aromatic ring is 1. The van der Waals surface area contributed by atoms with E-state index in [0.717, 1.165) is 18.3 Å². The number of anilines is 1. The molecule has 1 aromatic rings.